The lowest BCUT2D eigenvalue weighted by Gasteiger charge is -2.40. The molecule has 0 amide bonds. The number of nitro groups is 2. The summed E-state index contributed by atoms with van der Waals surface area (Å²) in [6.07, 6.45) is 5.33. The van der Waals surface area contributed by atoms with Crippen molar-refractivity contribution in [2.24, 2.45) is 0 Å². The Hall–Kier alpha value is -9.45. The predicted octanol–water partition coefficient (Wildman–Crippen LogP) is 10.2. The topological polar surface area (TPSA) is 196 Å². The van der Waals surface area contributed by atoms with Gasteiger partial charge in [-0.25, -0.2) is 42.3 Å². The van der Waals surface area contributed by atoms with Crippen LogP contribution in [0.4, 0.5) is 34.8 Å². The highest BCUT2D eigenvalue weighted by atomic mass is 19.2. The van der Waals surface area contributed by atoms with Gasteiger partial charge in [-0.15, -0.1) is 0 Å². The lowest BCUT2D eigenvalue weighted by molar-refractivity contribution is -0.383. The van der Waals surface area contributed by atoms with E-state index in [1.165, 1.54) is 44.0 Å². The van der Waals surface area contributed by atoms with E-state index in [1.807, 2.05) is 53.1 Å². The maximum Gasteiger partial charge on any atom is 0.337 e. The van der Waals surface area contributed by atoms with Crippen LogP contribution in [0.2, 0.25) is 0 Å². The van der Waals surface area contributed by atoms with Gasteiger partial charge in [-0.1, -0.05) is 48.5 Å². The molecule has 0 bridgehead atoms. The van der Waals surface area contributed by atoms with Gasteiger partial charge >= 0.3 is 5.97 Å². The molecule has 19 nitrogen and oxygen atoms in total. The van der Waals surface area contributed by atoms with E-state index in [9.17, 15) is 42.6 Å². The molecule has 2 aliphatic rings. The van der Waals surface area contributed by atoms with Gasteiger partial charge < -0.3 is 28.4 Å². The number of methoxy groups -OCH3 is 2. The van der Waals surface area contributed by atoms with Crippen LogP contribution >= 0.6 is 0 Å². The molecule has 0 spiro atoms. The highest BCUT2D eigenvalue weighted by Crippen LogP contribution is 2.41. The smallest absolute Gasteiger partial charge is 0.337 e. The molecular formula is C61H56F4N12O7. The number of rotatable bonds is 16. The van der Waals surface area contributed by atoms with Crippen LogP contribution in [0, 0.1) is 43.5 Å². The lowest BCUT2D eigenvalue weighted by atomic mass is 10.1. The van der Waals surface area contributed by atoms with Gasteiger partial charge in [0, 0.05) is 84.1 Å². The summed E-state index contributed by atoms with van der Waals surface area (Å²) in [7, 11) is 2.95. The predicted molar refractivity (Wildman–Crippen MR) is 308 cm³/mol. The Bertz CT molecular complexity index is 4090. The van der Waals surface area contributed by atoms with Crippen LogP contribution < -0.4 is 9.64 Å². The van der Waals surface area contributed by atoms with Gasteiger partial charge in [-0.05, 0) is 95.8 Å². The van der Waals surface area contributed by atoms with Crippen LogP contribution in [-0.2, 0) is 24.1 Å². The fraction of sp³-hybridized carbons (Fsp3) is 0.262. The minimum Gasteiger partial charge on any atom is -0.497 e. The number of ether oxygens (including phenoxy) is 2. The summed E-state index contributed by atoms with van der Waals surface area (Å²) in [5.74, 6) is -2.37. The van der Waals surface area contributed by atoms with Gasteiger partial charge in [0.15, 0.2) is 29.1 Å². The Kier molecular flexibility index (Phi) is 16.5. The van der Waals surface area contributed by atoms with Crippen LogP contribution in [-0.4, -0.2) is 139 Å². The first kappa shape index (κ1) is 56.4. The third-order valence-electron chi connectivity index (χ3n) is 15.7. The maximum atomic E-state index is 13.7. The molecule has 0 radical (unpaired) electrons. The normalized spacial score (nSPS) is 14.7. The van der Waals surface area contributed by atoms with Gasteiger partial charge in [0.25, 0.3) is 11.4 Å². The molecule has 4 aromatic heterocycles. The molecule has 2 fully saturated rings. The van der Waals surface area contributed by atoms with Crippen LogP contribution in [0.5, 0.6) is 5.75 Å². The number of hydrogen-bond acceptors (Lipinski definition) is 15. The Morgan fingerprint density at radius 1 is 0.607 bits per heavy atom. The van der Waals surface area contributed by atoms with E-state index in [2.05, 4.69) is 44.1 Å². The number of anilines is 1. The van der Waals surface area contributed by atoms with Gasteiger partial charge in [-0.2, -0.15) is 0 Å². The number of hydrogen-bond donors (Lipinski definition) is 0. The molecule has 6 heterocycles. The van der Waals surface area contributed by atoms with Gasteiger partial charge in [0.2, 0.25) is 0 Å². The zero-order valence-corrected chi connectivity index (χ0v) is 45.8. The van der Waals surface area contributed by atoms with Crippen molar-refractivity contribution in [3.8, 4) is 5.75 Å². The first-order valence-corrected chi connectivity index (χ1v) is 27.2. The fourth-order valence-electron chi connectivity index (χ4n) is 11.4. The second-order valence-electron chi connectivity index (χ2n) is 20.5. The van der Waals surface area contributed by atoms with E-state index in [0.29, 0.717) is 109 Å². The maximum absolute atomic E-state index is 13.7. The molecule has 0 N–H and O–H groups in total. The summed E-state index contributed by atoms with van der Waals surface area (Å²) >= 11 is 0. The van der Waals surface area contributed by atoms with Crippen molar-refractivity contribution in [1.29, 1.82) is 0 Å². The zero-order chi connectivity index (χ0) is 58.6. The number of non-ortho nitro benzene ring substituents is 2. The van der Waals surface area contributed by atoms with E-state index in [0.717, 1.165) is 71.1 Å². The summed E-state index contributed by atoms with van der Waals surface area (Å²) in [5.41, 5.74) is 7.49. The van der Waals surface area contributed by atoms with E-state index in [4.69, 9.17) is 9.47 Å². The van der Waals surface area contributed by atoms with Crippen molar-refractivity contribution in [2.75, 3.05) is 84.6 Å². The molecule has 2 aliphatic heterocycles. The number of fused-ring (bicyclic) bond motifs is 6. The molecule has 0 aliphatic carbocycles. The summed E-state index contributed by atoms with van der Waals surface area (Å²) in [5, 5.41) is 25.0. The van der Waals surface area contributed by atoms with Gasteiger partial charge in [0.1, 0.15) is 51.9 Å². The molecule has 0 saturated carbocycles. The first-order valence-electron chi connectivity index (χ1n) is 27.2. The van der Waals surface area contributed by atoms with E-state index >= 15 is 0 Å². The van der Waals surface area contributed by atoms with E-state index < -0.39 is 40.3 Å². The molecule has 12 rings (SSSR count). The first-order chi connectivity index (χ1) is 40.8. The molecule has 6 aromatic carbocycles. The number of carbonyl (C=O) groups is 1. The second kappa shape index (κ2) is 24.6. The number of carbonyl (C=O) groups excluding carboxylic acids is 1. The number of aromatic nitrogens is 6. The quantitative estimate of drug-likeness (QED) is 0.0383. The third-order valence-corrected chi connectivity index (χ3v) is 15.7. The van der Waals surface area contributed by atoms with E-state index in [-0.39, 0.29) is 16.3 Å². The number of halogens is 4. The lowest BCUT2D eigenvalue weighted by Crippen LogP contribution is -2.49. The van der Waals surface area contributed by atoms with E-state index in [1.54, 1.807) is 49.7 Å². The second-order valence-corrected chi connectivity index (χ2v) is 20.5. The highest BCUT2D eigenvalue weighted by Gasteiger charge is 2.33. The van der Waals surface area contributed by atoms with Crippen molar-refractivity contribution in [2.45, 2.75) is 25.6 Å². The molecular weight excluding hydrogens is 1090 g/mol. The summed E-state index contributed by atoms with van der Waals surface area (Å²) in [4.78, 5) is 62.4. The SMILES string of the molecule is COC(=O)c1ccc(C(N2CCN(CCc3ccc(F)c(F)c3)CC2)n2c3cncnc3c3c([N+](=O)[O-])cccc32)cc1.COc1cccc(Cn2c3cccc([N+](=O)[O-])c3c3ncnc(N4CCN(CCc5ccc(F)c(F)c5)CC4)c32)c1. The van der Waals surface area contributed by atoms with Crippen LogP contribution in [0.1, 0.15) is 38.8 Å². The van der Waals surface area contributed by atoms with Crippen molar-refractivity contribution in [3.63, 3.8) is 0 Å². The Balaban J connectivity index is 0.000000176. The standard InChI is InChI=1S/C31H28F2N6O4.C30H28F2N6O3/c1-43-31(40)22-8-6-21(7-9-22)30(37-15-13-36(14-16-37)12-11-20-5-10-23(32)24(33)17-20)38-25-3-2-4-26(39(41)42)28(25)29-27(38)18-34-19-35-29;1-41-22-5-2-4-21(16-22)18-37-25-6-3-7-26(38(39)40)27(25)28-29(37)30(34-19-33-28)36-14-12-35(13-15-36)11-10-20-8-9-23(31)24(32)17-20/h2-10,17-19,30H,11-16H2,1H3;2-9,16-17,19H,10-15,18H2,1H3. The van der Waals surface area contributed by atoms with Crippen LogP contribution in [0.15, 0.2) is 140 Å². The average Bonchev–Trinajstić information content (AvgIpc) is 1.96. The minimum absolute atomic E-state index is 0.00333. The van der Waals surface area contributed by atoms with Crippen molar-refractivity contribution < 1.29 is 41.7 Å². The van der Waals surface area contributed by atoms with Crippen molar-refractivity contribution in [3.05, 3.63) is 211 Å². The Labute approximate surface area is 478 Å². The number of nitrogens with zero attached hydrogens (tertiary/aromatic N) is 12. The average molecular weight is 1150 g/mol. The van der Waals surface area contributed by atoms with Crippen molar-refractivity contribution in [1.82, 2.24) is 43.8 Å². The van der Waals surface area contributed by atoms with Crippen molar-refractivity contribution >= 4 is 67.0 Å². The third kappa shape index (κ3) is 11.5. The van der Waals surface area contributed by atoms with Crippen LogP contribution in [0.25, 0.3) is 43.9 Å². The van der Waals surface area contributed by atoms with Gasteiger partial charge in [0.05, 0.1) is 52.4 Å². The molecule has 1 unspecified atom stereocenters. The largest absolute Gasteiger partial charge is 0.497 e. The molecule has 1 atom stereocenters. The molecule has 2 saturated heterocycles. The summed E-state index contributed by atoms with van der Waals surface area (Å²) in [6.45, 7) is 7.49. The summed E-state index contributed by atoms with van der Waals surface area (Å²) < 4.78 is 68.3. The highest BCUT2D eigenvalue weighted by molar-refractivity contribution is 6.13. The zero-order valence-electron chi connectivity index (χ0n) is 45.8. The number of benzene rings is 6. The number of piperazine rings is 2. The molecule has 84 heavy (non-hydrogen) atoms. The number of nitro benzene ring substituents is 2. The fourth-order valence-corrected chi connectivity index (χ4v) is 11.4. The van der Waals surface area contributed by atoms with Gasteiger partial charge in [-0.3, -0.25) is 30.0 Å². The Morgan fingerprint density at radius 3 is 1.79 bits per heavy atom. The molecule has 430 valence electrons. The van der Waals surface area contributed by atoms with Crippen LogP contribution in [0.3, 0.4) is 0 Å². The Morgan fingerprint density at radius 2 is 1.19 bits per heavy atom. The number of esters is 1. The monoisotopic (exact) mass is 1140 g/mol. The molecule has 23 heteroatoms. The summed E-state index contributed by atoms with van der Waals surface area (Å²) in [6, 6.07) is 33.0. The molecule has 10 aromatic rings. The minimum atomic E-state index is -0.858.